The van der Waals surface area contributed by atoms with Crippen molar-refractivity contribution in [2.45, 2.75) is 26.3 Å². The minimum absolute atomic E-state index is 0.0510. The van der Waals surface area contributed by atoms with Gasteiger partial charge in [-0.25, -0.2) is 4.39 Å². The van der Waals surface area contributed by atoms with Gasteiger partial charge in [-0.2, -0.15) is 0 Å². The summed E-state index contributed by atoms with van der Waals surface area (Å²) in [6, 6.07) is 3.70. The summed E-state index contributed by atoms with van der Waals surface area (Å²) in [6.07, 6.45) is 1.81. The quantitative estimate of drug-likeness (QED) is 0.695. The molecule has 0 amide bonds. The fourth-order valence-corrected chi connectivity index (χ4v) is 1.82. The average Bonchev–Trinajstić information content (AvgIpc) is 2.17. The molecule has 0 spiro atoms. The van der Waals surface area contributed by atoms with Crippen LogP contribution in [-0.4, -0.2) is 6.54 Å². The molecule has 0 aromatic heterocycles. The van der Waals surface area contributed by atoms with Crippen LogP contribution in [0.25, 0.3) is 0 Å². The smallest absolute Gasteiger partial charge is 0.126 e. The van der Waals surface area contributed by atoms with Crippen LogP contribution in [-0.2, 0) is 19.4 Å². The molecular weight excluding hydrogens is 165 g/mol. The Morgan fingerprint density at radius 3 is 3.00 bits per heavy atom. The minimum atomic E-state index is -0.0510. The van der Waals surface area contributed by atoms with Gasteiger partial charge in [0.1, 0.15) is 5.82 Å². The normalized spacial score (nSPS) is 15.5. The van der Waals surface area contributed by atoms with Gasteiger partial charge in [0.05, 0.1) is 0 Å². The first-order valence-electron chi connectivity index (χ1n) is 4.82. The number of aryl methyl sites for hydroxylation is 1. The van der Waals surface area contributed by atoms with Gasteiger partial charge in [0.2, 0.25) is 0 Å². The van der Waals surface area contributed by atoms with Crippen LogP contribution in [0.3, 0.4) is 0 Å². The molecule has 0 bridgehead atoms. The summed E-state index contributed by atoms with van der Waals surface area (Å²) in [5.41, 5.74) is 3.29. The van der Waals surface area contributed by atoms with E-state index in [1.54, 1.807) is 6.07 Å². The minimum Gasteiger partial charge on any atom is -0.312 e. The number of hydrogen-bond donors (Lipinski definition) is 1. The molecule has 0 saturated carbocycles. The van der Waals surface area contributed by atoms with Gasteiger partial charge in [0, 0.05) is 6.54 Å². The van der Waals surface area contributed by atoms with Crippen molar-refractivity contribution >= 4 is 0 Å². The lowest BCUT2D eigenvalue weighted by atomic mass is 9.97. The molecular formula is C11H14FN. The molecule has 0 unspecified atom stereocenters. The van der Waals surface area contributed by atoms with Gasteiger partial charge in [-0.15, -0.1) is 0 Å². The molecule has 0 saturated heterocycles. The van der Waals surface area contributed by atoms with Gasteiger partial charge in [-0.05, 0) is 42.1 Å². The highest BCUT2D eigenvalue weighted by molar-refractivity contribution is 5.34. The summed E-state index contributed by atoms with van der Waals surface area (Å²) >= 11 is 0. The van der Waals surface area contributed by atoms with E-state index in [2.05, 4.69) is 5.32 Å². The fraction of sp³-hybridized carbons (Fsp3) is 0.455. The zero-order chi connectivity index (χ0) is 9.26. The molecule has 2 heteroatoms. The Morgan fingerprint density at radius 1 is 1.38 bits per heavy atom. The molecule has 2 rings (SSSR count). The van der Waals surface area contributed by atoms with Crippen molar-refractivity contribution in [1.82, 2.24) is 5.32 Å². The Labute approximate surface area is 78.0 Å². The van der Waals surface area contributed by atoms with Gasteiger partial charge < -0.3 is 5.32 Å². The number of nitrogens with one attached hydrogen (secondary N) is 1. The van der Waals surface area contributed by atoms with Gasteiger partial charge in [0.25, 0.3) is 0 Å². The number of hydrogen-bond acceptors (Lipinski definition) is 1. The fourth-order valence-electron chi connectivity index (χ4n) is 1.82. The predicted octanol–water partition coefficient (Wildman–Crippen LogP) is 2.03. The molecule has 0 radical (unpaired) electrons. The van der Waals surface area contributed by atoms with E-state index in [1.165, 1.54) is 5.56 Å². The van der Waals surface area contributed by atoms with Crippen LogP contribution in [0.4, 0.5) is 4.39 Å². The first kappa shape index (κ1) is 8.70. The van der Waals surface area contributed by atoms with E-state index in [0.29, 0.717) is 0 Å². The van der Waals surface area contributed by atoms with Gasteiger partial charge >= 0.3 is 0 Å². The van der Waals surface area contributed by atoms with Crippen LogP contribution < -0.4 is 5.32 Å². The lowest BCUT2D eigenvalue weighted by Gasteiger charge is -2.18. The highest BCUT2D eigenvalue weighted by Gasteiger charge is 2.11. The Morgan fingerprint density at radius 2 is 2.23 bits per heavy atom. The molecule has 0 fully saturated rings. The van der Waals surface area contributed by atoms with Crippen molar-refractivity contribution in [3.05, 3.63) is 34.6 Å². The standard InChI is InChI=1S/C11H14FN/c1-2-8-5-9-3-4-13-7-10(9)6-11(8)12/h5-6,13H,2-4,7H2,1H3. The lowest BCUT2D eigenvalue weighted by molar-refractivity contribution is 0.592. The Kier molecular flexibility index (Phi) is 2.32. The Balaban J connectivity index is 2.44. The lowest BCUT2D eigenvalue weighted by Crippen LogP contribution is -2.24. The molecule has 70 valence electrons. The summed E-state index contributed by atoms with van der Waals surface area (Å²) in [5.74, 6) is -0.0510. The second kappa shape index (κ2) is 3.46. The first-order valence-corrected chi connectivity index (χ1v) is 4.82. The summed E-state index contributed by atoms with van der Waals surface area (Å²) < 4.78 is 13.4. The number of fused-ring (bicyclic) bond motifs is 1. The second-order valence-corrected chi connectivity index (χ2v) is 3.49. The van der Waals surface area contributed by atoms with E-state index >= 15 is 0 Å². The molecule has 1 aromatic rings. The number of halogens is 1. The summed E-state index contributed by atoms with van der Waals surface area (Å²) in [4.78, 5) is 0. The van der Waals surface area contributed by atoms with Crippen LogP contribution >= 0.6 is 0 Å². The van der Waals surface area contributed by atoms with Crippen LogP contribution in [0.1, 0.15) is 23.6 Å². The zero-order valence-corrected chi connectivity index (χ0v) is 7.86. The van der Waals surface area contributed by atoms with Crippen molar-refractivity contribution in [1.29, 1.82) is 0 Å². The van der Waals surface area contributed by atoms with E-state index in [9.17, 15) is 4.39 Å². The topological polar surface area (TPSA) is 12.0 Å². The molecule has 1 N–H and O–H groups in total. The van der Waals surface area contributed by atoms with E-state index < -0.39 is 0 Å². The van der Waals surface area contributed by atoms with E-state index in [0.717, 1.165) is 37.1 Å². The third kappa shape index (κ3) is 1.59. The Bertz CT molecular complexity index is 320. The summed E-state index contributed by atoms with van der Waals surface area (Å²) in [6.45, 7) is 3.82. The van der Waals surface area contributed by atoms with E-state index in [4.69, 9.17) is 0 Å². The Hall–Kier alpha value is -0.890. The first-order chi connectivity index (χ1) is 6.31. The maximum Gasteiger partial charge on any atom is 0.126 e. The summed E-state index contributed by atoms with van der Waals surface area (Å²) in [5, 5.41) is 3.24. The maximum atomic E-state index is 13.4. The van der Waals surface area contributed by atoms with Gasteiger partial charge in [-0.3, -0.25) is 0 Å². The predicted molar refractivity (Wildman–Crippen MR) is 51.2 cm³/mol. The van der Waals surface area contributed by atoms with Crippen LogP contribution in [0.2, 0.25) is 0 Å². The van der Waals surface area contributed by atoms with Crippen molar-refractivity contribution < 1.29 is 4.39 Å². The van der Waals surface area contributed by atoms with Crippen LogP contribution in [0, 0.1) is 5.82 Å². The van der Waals surface area contributed by atoms with Crippen molar-refractivity contribution in [3.63, 3.8) is 0 Å². The monoisotopic (exact) mass is 179 g/mol. The van der Waals surface area contributed by atoms with Crippen molar-refractivity contribution in [3.8, 4) is 0 Å². The third-order valence-electron chi connectivity index (χ3n) is 2.64. The molecule has 13 heavy (non-hydrogen) atoms. The molecule has 0 atom stereocenters. The van der Waals surface area contributed by atoms with E-state index in [-0.39, 0.29) is 5.82 Å². The highest BCUT2D eigenvalue weighted by atomic mass is 19.1. The zero-order valence-electron chi connectivity index (χ0n) is 7.86. The van der Waals surface area contributed by atoms with Crippen molar-refractivity contribution in [2.75, 3.05) is 6.54 Å². The largest absolute Gasteiger partial charge is 0.312 e. The number of rotatable bonds is 1. The summed E-state index contributed by atoms with van der Waals surface area (Å²) in [7, 11) is 0. The third-order valence-corrected chi connectivity index (χ3v) is 2.64. The molecule has 1 aliphatic heterocycles. The number of benzene rings is 1. The highest BCUT2D eigenvalue weighted by Crippen LogP contribution is 2.19. The molecule has 1 heterocycles. The average molecular weight is 179 g/mol. The molecule has 1 nitrogen and oxygen atoms in total. The van der Waals surface area contributed by atoms with Gasteiger partial charge in [-0.1, -0.05) is 13.0 Å². The molecule has 0 aliphatic carbocycles. The SMILES string of the molecule is CCc1cc2c(cc1F)CNCC2. The maximum absolute atomic E-state index is 13.4. The van der Waals surface area contributed by atoms with Gasteiger partial charge in [0.15, 0.2) is 0 Å². The van der Waals surface area contributed by atoms with E-state index in [1.807, 2.05) is 13.0 Å². The second-order valence-electron chi connectivity index (χ2n) is 3.49. The van der Waals surface area contributed by atoms with Crippen LogP contribution in [0.15, 0.2) is 12.1 Å². The molecule has 1 aliphatic rings. The molecule has 1 aromatic carbocycles. The van der Waals surface area contributed by atoms with Crippen molar-refractivity contribution in [2.24, 2.45) is 0 Å². The van der Waals surface area contributed by atoms with Crippen LogP contribution in [0.5, 0.6) is 0 Å².